The molecule has 9 heteroatoms. The Morgan fingerprint density at radius 2 is 1.72 bits per heavy atom. The number of aryl methyl sites for hydroxylation is 1. The van der Waals surface area contributed by atoms with Crippen LogP contribution in [0.25, 0.3) is 0 Å². The van der Waals surface area contributed by atoms with Crippen molar-refractivity contribution in [2.75, 3.05) is 11.1 Å². The van der Waals surface area contributed by atoms with Gasteiger partial charge in [-0.3, -0.25) is 4.79 Å². The molecule has 134 valence electrons. The number of carbonyl (C=O) groups is 1. The fraction of sp³-hybridized carbons (Fsp3) is 0.188. The van der Waals surface area contributed by atoms with Crippen LogP contribution in [0.5, 0.6) is 0 Å². The van der Waals surface area contributed by atoms with Gasteiger partial charge in [-0.15, -0.1) is 0 Å². The molecule has 0 spiro atoms. The van der Waals surface area contributed by atoms with Crippen LogP contribution in [0.3, 0.4) is 0 Å². The average Bonchev–Trinajstić information content (AvgIpc) is 2.48. The predicted octanol–water partition coefficient (Wildman–Crippen LogP) is 4.08. The third-order valence-corrected chi connectivity index (χ3v) is 5.22. The Morgan fingerprint density at radius 3 is 2.28 bits per heavy atom. The van der Waals surface area contributed by atoms with E-state index < -0.39 is 38.3 Å². The Bertz CT molecular complexity index is 894. The van der Waals surface area contributed by atoms with E-state index in [0.29, 0.717) is 6.07 Å². The number of halogens is 4. The molecule has 0 aliphatic carbocycles. The Kier molecular flexibility index (Phi) is 5.43. The lowest BCUT2D eigenvalue weighted by atomic mass is 10.2. The first kappa shape index (κ1) is 19.3. The van der Waals surface area contributed by atoms with Gasteiger partial charge in [-0.2, -0.15) is 13.2 Å². The van der Waals surface area contributed by atoms with Gasteiger partial charge in [-0.25, -0.2) is 8.42 Å². The number of alkyl halides is 3. The topological polar surface area (TPSA) is 63.2 Å². The minimum atomic E-state index is -4.69. The Morgan fingerprint density at radius 1 is 1.12 bits per heavy atom. The van der Waals surface area contributed by atoms with Crippen molar-refractivity contribution in [3.8, 4) is 0 Å². The SMILES string of the molecule is Cc1ccc(S(=O)(=O)CC(=O)Nc2ccc(Cl)c(C(F)(F)F)c2)cc1. The van der Waals surface area contributed by atoms with Gasteiger partial charge in [0.15, 0.2) is 9.84 Å². The number of anilines is 1. The van der Waals surface area contributed by atoms with E-state index in [9.17, 15) is 26.4 Å². The lowest BCUT2D eigenvalue weighted by Gasteiger charge is -2.12. The number of hydrogen-bond acceptors (Lipinski definition) is 3. The highest BCUT2D eigenvalue weighted by Crippen LogP contribution is 2.36. The molecule has 0 heterocycles. The van der Waals surface area contributed by atoms with E-state index in [1.165, 1.54) is 12.1 Å². The molecule has 4 nitrogen and oxygen atoms in total. The highest BCUT2D eigenvalue weighted by Gasteiger charge is 2.33. The summed E-state index contributed by atoms with van der Waals surface area (Å²) in [7, 11) is -3.90. The van der Waals surface area contributed by atoms with Crippen LogP contribution in [0.2, 0.25) is 5.02 Å². The van der Waals surface area contributed by atoms with Gasteiger partial charge in [0.2, 0.25) is 5.91 Å². The highest BCUT2D eigenvalue weighted by molar-refractivity contribution is 7.92. The normalized spacial score (nSPS) is 12.0. The molecule has 0 aliphatic rings. The lowest BCUT2D eigenvalue weighted by Crippen LogP contribution is -2.23. The zero-order valence-electron chi connectivity index (χ0n) is 12.9. The molecule has 0 fully saturated rings. The van der Waals surface area contributed by atoms with Gasteiger partial charge in [0.25, 0.3) is 0 Å². The standard InChI is InChI=1S/C16H13ClF3NO3S/c1-10-2-5-12(6-3-10)25(23,24)9-15(22)21-11-4-7-14(17)13(8-11)16(18,19)20/h2-8H,9H2,1H3,(H,21,22). The van der Waals surface area contributed by atoms with Crippen LogP contribution in [0, 0.1) is 6.92 Å². The van der Waals surface area contributed by atoms with Crippen LogP contribution in [0.4, 0.5) is 18.9 Å². The molecule has 0 saturated carbocycles. The molecule has 0 saturated heterocycles. The molecular weight excluding hydrogens is 379 g/mol. The summed E-state index contributed by atoms with van der Waals surface area (Å²) in [5.41, 5.74) is -0.460. The van der Waals surface area contributed by atoms with Crippen molar-refractivity contribution in [2.45, 2.75) is 18.0 Å². The summed E-state index contributed by atoms with van der Waals surface area (Å²) in [5.74, 6) is -1.84. The van der Waals surface area contributed by atoms with E-state index >= 15 is 0 Å². The predicted molar refractivity (Wildman–Crippen MR) is 88.3 cm³/mol. The second-order valence-corrected chi connectivity index (χ2v) is 7.71. The molecule has 1 N–H and O–H groups in total. The molecular formula is C16H13ClF3NO3S. The van der Waals surface area contributed by atoms with Crippen LogP contribution in [0.1, 0.15) is 11.1 Å². The maximum atomic E-state index is 12.8. The lowest BCUT2D eigenvalue weighted by molar-refractivity contribution is -0.137. The minimum Gasteiger partial charge on any atom is -0.325 e. The van der Waals surface area contributed by atoms with Gasteiger partial charge in [-0.05, 0) is 37.3 Å². The second-order valence-electron chi connectivity index (χ2n) is 5.31. The Balaban J connectivity index is 2.16. The number of benzene rings is 2. The quantitative estimate of drug-likeness (QED) is 0.854. The van der Waals surface area contributed by atoms with E-state index in [0.717, 1.165) is 17.7 Å². The van der Waals surface area contributed by atoms with Crippen molar-refractivity contribution in [3.05, 3.63) is 58.6 Å². The smallest absolute Gasteiger partial charge is 0.325 e. The Labute approximate surface area is 147 Å². The van der Waals surface area contributed by atoms with Crippen molar-refractivity contribution in [3.63, 3.8) is 0 Å². The maximum Gasteiger partial charge on any atom is 0.417 e. The van der Waals surface area contributed by atoms with Crippen LogP contribution >= 0.6 is 11.6 Å². The van der Waals surface area contributed by atoms with E-state index in [1.54, 1.807) is 19.1 Å². The number of sulfone groups is 1. The van der Waals surface area contributed by atoms with Gasteiger partial charge < -0.3 is 5.32 Å². The minimum absolute atomic E-state index is 0.0414. The zero-order valence-corrected chi connectivity index (χ0v) is 14.5. The van der Waals surface area contributed by atoms with Crippen LogP contribution in [0.15, 0.2) is 47.4 Å². The van der Waals surface area contributed by atoms with Crippen molar-refractivity contribution >= 4 is 33.0 Å². The summed E-state index contributed by atoms with van der Waals surface area (Å²) in [6.45, 7) is 1.78. The van der Waals surface area contributed by atoms with E-state index in [-0.39, 0.29) is 10.6 Å². The number of amides is 1. The molecule has 25 heavy (non-hydrogen) atoms. The van der Waals surface area contributed by atoms with Gasteiger partial charge >= 0.3 is 6.18 Å². The monoisotopic (exact) mass is 391 g/mol. The summed E-state index contributed by atoms with van der Waals surface area (Å²) in [5, 5.41) is 1.63. The molecule has 2 aromatic carbocycles. The number of nitrogens with one attached hydrogen (secondary N) is 1. The molecule has 0 unspecified atom stereocenters. The molecule has 0 atom stereocenters. The van der Waals surface area contributed by atoms with Crippen molar-refractivity contribution in [1.29, 1.82) is 0 Å². The van der Waals surface area contributed by atoms with Crippen LogP contribution in [-0.4, -0.2) is 20.1 Å². The summed E-state index contributed by atoms with van der Waals surface area (Å²) in [4.78, 5) is 11.9. The summed E-state index contributed by atoms with van der Waals surface area (Å²) >= 11 is 5.49. The second kappa shape index (κ2) is 7.05. The van der Waals surface area contributed by atoms with Crippen molar-refractivity contribution in [2.24, 2.45) is 0 Å². The van der Waals surface area contributed by atoms with Crippen LogP contribution in [-0.2, 0) is 20.8 Å². The van der Waals surface area contributed by atoms with Gasteiger partial charge in [0.05, 0.1) is 15.5 Å². The summed E-state index contributed by atoms with van der Waals surface area (Å²) in [6.07, 6.45) is -4.69. The molecule has 2 aromatic rings. The number of hydrogen-bond donors (Lipinski definition) is 1. The first-order valence-electron chi connectivity index (χ1n) is 6.95. The summed E-state index contributed by atoms with van der Waals surface area (Å²) in [6, 6.07) is 8.68. The third-order valence-electron chi connectivity index (χ3n) is 3.26. The highest BCUT2D eigenvalue weighted by atomic mass is 35.5. The number of carbonyl (C=O) groups excluding carboxylic acids is 1. The molecule has 0 bridgehead atoms. The van der Waals surface area contributed by atoms with E-state index in [1.807, 2.05) is 0 Å². The van der Waals surface area contributed by atoms with E-state index in [4.69, 9.17) is 11.6 Å². The fourth-order valence-electron chi connectivity index (χ4n) is 2.02. The first-order chi connectivity index (χ1) is 11.5. The first-order valence-corrected chi connectivity index (χ1v) is 8.98. The summed E-state index contributed by atoms with van der Waals surface area (Å²) < 4.78 is 62.7. The molecule has 2 rings (SSSR count). The Hall–Kier alpha value is -2.06. The van der Waals surface area contributed by atoms with Gasteiger partial charge in [0, 0.05) is 5.69 Å². The molecule has 1 amide bonds. The average molecular weight is 392 g/mol. The fourth-order valence-corrected chi connectivity index (χ4v) is 3.38. The van der Waals surface area contributed by atoms with E-state index in [2.05, 4.69) is 5.32 Å². The molecule has 0 radical (unpaired) electrons. The van der Waals surface area contributed by atoms with Gasteiger partial charge in [-0.1, -0.05) is 29.3 Å². The largest absolute Gasteiger partial charge is 0.417 e. The molecule has 0 aliphatic heterocycles. The zero-order chi connectivity index (χ0) is 18.8. The number of rotatable bonds is 4. The van der Waals surface area contributed by atoms with Gasteiger partial charge in [0.1, 0.15) is 5.75 Å². The van der Waals surface area contributed by atoms with Crippen molar-refractivity contribution in [1.82, 2.24) is 0 Å². The molecule has 0 aromatic heterocycles. The van der Waals surface area contributed by atoms with Crippen molar-refractivity contribution < 1.29 is 26.4 Å². The van der Waals surface area contributed by atoms with Crippen LogP contribution < -0.4 is 5.32 Å². The third kappa shape index (κ3) is 4.96. The maximum absolute atomic E-state index is 12.8.